The van der Waals surface area contributed by atoms with Crippen LogP contribution in [0.5, 0.6) is 5.88 Å². The first kappa shape index (κ1) is 11.6. The fourth-order valence-electron chi connectivity index (χ4n) is 2.21. The van der Waals surface area contributed by atoms with Crippen LogP contribution in [-0.4, -0.2) is 35.2 Å². The Hall–Kier alpha value is -2.43. The highest BCUT2D eigenvalue weighted by atomic mass is 16.5. The van der Waals surface area contributed by atoms with Crippen LogP contribution in [-0.2, 0) is 6.54 Å². The Balaban J connectivity index is 1.99. The van der Waals surface area contributed by atoms with E-state index in [1.165, 1.54) is 0 Å². The van der Waals surface area contributed by atoms with E-state index in [2.05, 4.69) is 10.2 Å². The Morgan fingerprint density at radius 1 is 1.21 bits per heavy atom. The second kappa shape index (κ2) is 4.35. The van der Waals surface area contributed by atoms with Gasteiger partial charge in [-0.15, -0.1) is 10.2 Å². The molecule has 0 saturated carbocycles. The average molecular weight is 255 g/mol. The van der Waals surface area contributed by atoms with Gasteiger partial charge in [-0.3, -0.25) is 4.79 Å². The standard InChI is InChI=1S/C14H13N3O2/c1-17-8-10-7-9(3-4-11(10)14(17)18)12-5-6-13(19-2)16-15-12/h3-7H,8H2,1-2H3. The molecule has 96 valence electrons. The van der Waals surface area contributed by atoms with Gasteiger partial charge in [-0.1, -0.05) is 6.07 Å². The molecule has 2 heterocycles. The van der Waals surface area contributed by atoms with E-state index in [0.29, 0.717) is 12.4 Å². The van der Waals surface area contributed by atoms with Crippen molar-refractivity contribution in [3.05, 3.63) is 41.5 Å². The number of hydrogen-bond donors (Lipinski definition) is 0. The monoisotopic (exact) mass is 255 g/mol. The molecule has 0 atom stereocenters. The number of ether oxygens (including phenoxy) is 1. The summed E-state index contributed by atoms with van der Waals surface area (Å²) in [7, 11) is 3.36. The van der Waals surface area contributed by atoms with Gasteiger partial charge in [0.2, 0.25) is 5.88 Å². The maximum absolute atomic E-state index is 11.8. The van der Waals surface area contributed by atoms with Crippen LogP contribution < -0.4 is 4.74 Å². The van der Waals surface area contributed by atoms with Crippen molar-refractivity contribution < 1.29 is 9.53 Å². The van der Waals surface area contributed by atoms with Crippen molar-refractivity contribution in [3.63, 3.8) is 0 Å². The van der Waals surface area contributed by atoms with Gasteiger partial charge in [0, 0.05) is 30.8 Å². The summed E-state index contributed by atoms with van der Waals surface area (Å²) >= 11 is 0. The molecule has 1 amide bonds. The number of hydrogen-bond acceptors (Lipinski definition) is 4. The molecule has 0 radical (unpaired) electrons. The summed E-state index contributed by atoms with van der Waals surface area (Å²) < 4.78 is 4.98. The van der Waals surface area contributed by atoms with Crippen LogP contribution in [0.15, 0.2) is 30.3 Å². The van der Waals surface area contributed by atoms with Crippen LogP contribution in [0.2, 0.25) is 0 Å². The molecule has 5 nitrogen and oxygen atoms in total. The number of amides is 1. The lowest BCUT2D eigenvalue weighted by atomic mass is 10.0. The largest absolute Gasteiger partial charge is 0.480 e. The molecule has 1 aromatic carbocycles. The third-order valence-corrected chi connectivity index (χ3v) is 3.23. The van der Waals surface area contributed by atoms with Gasteiger partial charge in [0.25, 0.3) is 5.91 Å². The zero-order valence-corrected chi connectivity index (χ0v) is 10.8. The van der Waals surface area contributed by atoms with E-state index >= 15 is 0 Å². The summed E-state index contributed by atoms with van der Waals surface area (Å²) in [6.45, 7) is 0.644. The van der Waals surface area contributed by atoms with E-state index in [-0.39, 0.29) is 5.91 Å². The molecule has 1 aliphatic heterocycles. The van der Waals surface area contributed by atoms with Crippen molar-refractivity contribution in [3.8, 4) is 17.1 Å². The molecule has 2 aromatic rings. The molecule has 0 unspecified atom stereocenters. The van der Waals surface area contributed by atoms with E-state index in [4.69, 9.17) is 4.74 Å². The Morgan fingerprint density at radius 2 is 2.05 bits per heavy atom. The Kier molecular flexibility index (Phi) is 2.67. The van der Waals surface area contributed by atoms with Crippen molar-refractivity contribution in [1.82, 2.24) is 15.1 Å². The Labute approximate surface area is 110 Å². The van der Waals surface area contributed by atoms with E-state index in [1.54, 1.807) is 25.1 Å². The fourth-order valence-corrected chi connectivity index (χ4v) is 2.21. The second-order valence-corrected chi connectivity index (χ2v) is 4.49. The number of fused-ring (bicyclic) bond motifs is 1. The van der Waals surface area contributed by atoms with Gasteiger partial charge in [0.05, 0.1) is 12.8 Å². The number of nitrogens with zero attached hydrogens (tertiary/aromatic N) is 3. The maximum atomic E-state index is 11.8. The van der Waals surface area contributed by atoms with E-state index in [9.17, 15) is 4.79 Å². The van der Waals surface area contributed by atoms with Gasteiger partial charge in [-0.05, 0) is 23.8 Å². The van der Waals surface area contributed by atoms with Crippen molar-refractivity contribution in [1.29, 1.82) is 0 Å². The molecule has 0 fully saturated rings. The van der Waals surface area contributed by atoms with E-state index in [1.807, 2.05) is 24.3 Å². The molecule has 1 aromatic heterocycles. The molecule has 0 aliphatic carbocycles. The molecule has 0 bridgehead atoms. The number of methoxy groups -OCH3 is 1. The van der Waals surface area contributed by atoms with Gasteiger partial charge in [0.15, 0.2) is 0 Å². The molecule has 0 N–H and O–H groups in total. The first-order valence-corrected chi connectivity index (χ1v) is 5.95. The zero-order chi connectivity index (χ0) is 13.4. The topological polar surface area (TPSA) is 55.3 Å². The summed E-state index contributed by atoms with van der Waals surface area (Å²) in [6.07, 6.45) is 0. The number of carbonyl (C=O) groups excluding carboxylic acids is 1. The highest BCUT2D eigenvalue weighted by molar-refractivity contribution is 5.98. The lowest BCUT2D eigenvalue weighted by Crippen LogP contribution is -2.17. The third-order valence-electron chi connectivity index (χ3n) is 3.23. The number of aromatic nitrogens is 2. The molecule has 3 rings (SSSR count). The number of rotatable bonds is 2. The number of carbonyl (C=O) groups is 1. The van der Waals surface area contributed by atoms with Gasteiger partial charge >= 0.3 is 0 Å². The summed E-state index contributed by atoms with van der Waals surface area (Å²) in [4.78, 5) is 13.5. The first-order chi connectivity index (χ1) is 9.19. The van der Waals surface area contributed by atoms with Gasteiger partial charge in [-0.25, -0.2) is 0 Å². The quantitative estimate of drug-likeness (QED) is 0.820. The predicted molar refractivity (Wildman–Crippen MR) is 69.8 cm³/mol. The molecule has 1 aliphatic rings. The highest BCUT2D eigenvalue weighted by Crippen LogP contribution is 2.26. The van der Waals surface area contributed by atoms with Crippen LogP contribution in [0.1, 0.15) is 15.9 Å². The molecular weight excluding hydrogens is 242 g/mol. The lowest BCUT2D eigenvalue weighted by Gasteiger charge is -2.04. The Morgan fingerprint density at radius 3 is 2.74 bits per heavy atom. The maximum Gasteiger partial charge on any atom is 0.254 e. The van der Waals surface area contributed by atoms with Gasteiger partial charge < -0.3 is 9.64 Å². The van der Waals surface area contributed by atoms with Crippen molar-refractivity contribution in [2.24, 2.45) is 0 Å². The molecule has 0 saturated heterocycles. The SMILES string of the molecule is COc1ccc(-c2ccc3c(c2)CN(C)C3=O)nn1. The van der Waals surface area contributed by atoms with Crippen molar-refractivity contribution >= 4 is 5.91 Å². The zero-order valence-electron chi connectivity index (χ0n) is 10.8. The minimum Gasteiger partial charge on any atom is -0.480 e. The summed E-state index contributed by atoms with van der Waals surface area (Å²) in [6, 6.07) is 9.36. The van der Waals surface area contributed by atoms with Gasteiger partial charge in [-0.2, -0.15) is 0 Å². The number of benzene rings is 1. The summed E-state index contributed by atoms with van der Waals surface area (Å²) in [5.41, 5.74) is 3.53. The normalized spacial score (nSPS) is 13.6. The van der Waals surface area contributed by atoms with Gasteiger partial charge in [0.1, 0.15) is 0 Å². The molecular formula is C14H13N3O2. The van der Waals surface area contributed by atoms with Crippen molar-refractivity contribution in [2.75, 3.05) is 14.2 Å². The summed E-state index contributed by atoms with van der Waals surface area (Å²) in [5.74, 6) is 0.558. The van der Waals surface area contributed by atoms with Crippen LogP contribution in [0.3, 0.4) is 0 Å². The minimum absolute atomic E-state index is 0.0716. The van der Waals surface area contributed by atoms with Crippen LogP contribution in [0.4, 0.5) is 0 Å². The Bertz CT molecular complexity index is 638. The fraction of sp³-hybridized carbons (Fsp3) is 0.214. The first-order valence-electron chi connectivity index (χ1n) is 5.95. The average Bonchev–Trinajstić information content (AvgIpc) is 2.74. The van der Waals surface area contributed by atoms with Crippen LogP contribution in [0.25, 0.3) is 11.3 Å². The van der Waals surface area contributed by atoms with Crippen molar-refractivity contribution in [2.45, 2.75) is 6.54 Å². The third kappa shape index (κ3) is 1.93. The lowest BCUT2D eigenvalue weighted by molar-refractivity contribution is 0.0816. The highest BCUT2D eigenvalue weighted by Gasteiger charge is 2.24. The van der Waals surface area contributed by atoms with Crippen LogP contribution >= 0.6 is 0 Å². The molecule has 0 spiro atoms. The van der Waals surface area contributed by atoms with E-state index < -0.39 is 0 Å². The molecule has 5 heteroatoms. The van der Waals surface area contributed by atoms with E-state index in [0.717, 1.165) is 22.4 Å². The second-order valence-electron chi connectivity index (χ2n) is 4.49. The minimum atomic E-state index is 0.0716. The predicted octanol–water partition coefficient (Wildman–Crippen LogP) is 1.74. The van der Waals surface area contributed by atoms with Crippen LogP contribution in [0, 0.1) is 0 Å². The molecule has 19 heavy (non-hydrogen) atoms. The summed E-state index contributed by atoms with van der Waals surface area (Å²) in [5, 5.41) is 8.06. The smallest absolute Gasteiger partial charge is 0.254 e.